The van der Waals surface area contributed by atoms with Crippen LogP contribution in [-0.2, 0) is 11.2 Å². The summed E-state index contributed by atoms with van der Waals surface area (Å²) in [5.41, 5.74) is 0. The molecule has 0 atom stereocenters. The molecule has 1 aromatic rings. The van der Waals surface area contributed by atoms with Crippen LogP contribution in [-0.4, -0.2) is 50.8 Å². The number of rotatable bonds is 6. The van der Waals surface area contributed by atoms with E-state index in [0.29, 0.717) is 0 Å². The lowest BCUT2D eigenvalue weighted by atomic mass is 10.3. The van der Waals surface area contributed by atoms with Crippen LogP contribution in [0.1, 0.15) is 5.76 Å². The number of nitrogens with zero attached hydrogens (tertiary/aromatic N) is 1. The minimum atomic E-state index is 0.881. The van der Waals surface area contributed by atoms with Crippen LogP contribution in [0.5, 0.6) is 0 Å². The average Bonchev–Trinajstić information content (AvgIpc) is 2.83. The Kier molecular flexibility index (Phi) is 4.86. The number of hydrogen-bond acceptors (Lipinski definition) is 4. The van der Waals surface area contributed by atoms with Crippen molar-refractivity contribution in [2.45, 2.75) is 6.42 Å². The van der Waals surface area contributed by atoms with Gasteiger partial charge in [-0.05, 0) is 12.1 Å². The third-order valence-corrected chi connectivity index (χ3v) is 2.84. The van der Waals surface area contributed by atoms with Crippen LogP contribution < -0.4 is 5.32 Å². The smallest absolute Gasteiger partial charge is 0.105 e. The quantitative estimate of drug-likeness (QED) is 0.723. The summed E-state index contributed by atoms with van der Waals surface area (Å²) in [5.74, 6) is 1.05. The van der Waals surface area contributed by atoms with Crippen LogP contribution >= 0.6 is 0 Å². The summed E-state index contributed by atoms with van der Waals surface area (Å²) < 4.78 is 10.6. The molecular formula is C12H20N2O2. The molecule has 0 saturated carbocycles. The van der Waals surface area contributed by atoms with Gasteiger partial charge in [-0.2, -0.15) is 0 Å². The maximum atomic E-state index is 5.30. The third kappa shape index (κ3) is 3.96. The van der Waals surface area contributed by atoms with Crippen molar-refractivity contribution in [2.75, 3.05) is 45.9 Å². The molecule has 0 amide bonds. The van der Waals surface area contributed by atoms with E-state index in [4.69, 9.17) is 9.15 Å². The molecule has 0 radical (unpaired) electrons. The van der Waals surface area contributed by atoms with E-state index < -0.39 is 0 Å². The van der Waals surface area contributed by atoms with Gasteiger partial charge in [-0.3, -0.25) is 4.90 Å². The molecule has 2 rings (SSSR count). The van der Waals surface area contributed by atoms with Crippen molar-refractivity contribution in [1.82, 2.24) is 10.2 Å². The van der Waals surface area contributed by atoms with Gasteiger partial charge >= 0.3 is 0 Å². The molecule has 2 heterocycles. The van der Waals surface area contributed by atoms with Gasteiger partial charge in [0, 0.05) is 39.1 Å². The highest BCUT2D eigenvalue weighted by atomic mass is 16.5. The molecule has 1 aromatic heterocycles. The van der Waals surface area contributed by atoms with Gasteiger partial charge in [0.15, 0.2) is 0 Å². The molecule has 90 valence electrons. The van der Waals surface area contributed by atoms with Gasteiger partial charge in [0.25, 0.3) is 0 Å². The highest BCUT2D eigenvalue weighted by Gasteiger charge is 2.08. The Morgan fingerprint density at radius 2 is 2.12 bits per heavy atom. The van der Waals surface area contributed by atoms with Gasteiger partial charge in [-0.15, -0.1) is 0 Å². The number of ether oxygens (including phenoxy) is 1. The zero-order valence-corrected chi connectivity index (χ0v) is 9.65. The molecule has 1 fully saturated rings. The van der Waals surface area contributed by atoms with E-state index in [2.05, 4.69) is 10.2 Å². The first kappa shape index (κ1) is 11.6. The highest BCUT2D eigenvalue weighted by Crippen LogP contribution is 1.99. The van der Waals surface area contributed by atoms with Gasteiger partial charge in [0.1, 0.15) is 5.76 Å². The molecule has 4 nitrogen and oxygen atoms in total. The molecule has 0 spiro atoms. The van der Waals surface area contributed by atoms with Crippen molar-refractivity contribution < 1.29 is 9.15 Å². The van der Waals surface area contributed by atoms with E-state index in [0.717, 1.165) is 58.1 Å². The number of morpholine rings is 1. The fraction of sp³-hybridized carbons (Fsp3) is 0.667. The van der Waals surface area contributed by atoms with Gasteiger partial charge in [-0.1, -0.05) is 0 Å². The molecule has 0 bridgehead atoms. The van der Waals surface area contributed by atoms with Gasteiger partial charge < -0.3 is 14.5 Å². The largest absolute Gasteiger partial charge is 0.469 e. The Bertz CT molecular complexity index is 269. The van der Waals surface area contributed by atoms with Crippen LogP contribution in [0.3, 0.4) is 0 Å². The second-order valence-corrected chi connectivity index (χ2v) is 4.03. The van der Waals surface area contributed by atoms with Gasteiger partial charge in [0.2, 0.25) is 0 Å². The molecule has 1 aliphatic heterocycles. The lowest BCUT2D eigenvalue weighted by Gasteiger charge is -2.26. The molecular weight excluding hydrogens is 204 g/mol. The van der Waals surface area contributed by atoms with E-state index >= 15 is 0 Å². The van der Waals surface area contributed by atoms with Crippen molar-refractivity contribution >= 4 is 0 Å². The monoisotopic (exact) mass is 224 g/mol. The topological polar surface area (TPSA) is 37.6 Å². The number of nitrogens with one attached hydrogen (secondary N) is 1. The van der Waals surface area contributed by atoms with Gasteiger partial charge in [0.05, 0.1) is 19.5 Å². The molecule has 0 unspecified atom stereocenters. The summed E-state index contributed by atoms with van der Waals surface area (Å²) in [4.78, 5) is 2.43. The minimum Gasteiger partial charge on any atom is -0.469 e. The lowest BCUT2D eigenvalue weighted by molar-refractivity contribution is 0.0384. The van der Waals surface area contributed by atoms with Crippen LogP contribution in [0.4, 0.5) is 0 Å². The molecule has 0 aromatic carbocycles. The van der Waals surface area contributed by atoms with Crippen LogP contribution in [0.2, 0.25) is 0 Å². The first-order valence-electron chi connectivity index (χ1n) is 5.98. The maximum absolute atomic E-state index is 5.30. The molecule has 1 N–H and O–H groups in total. The summed E-state index contributed by atoms with van der Waals surface area (Å²) in [6.45, 7) is 7.04. The predicted molar refractivity (Wildman–Crippen MR) is 62.5 cm³/mol. The Morgan fingerprint density at radius 3 is 2.88 bits per heavy atom. The van der Waals surface area contributed by atoms with Crippen molar-refractivity contribution in [3.05, 3.63) is 24.2 Å². The summed E-state index contributed by atoms with van der Waals surface area (Å²) >= 11 is 0. The van der Waals surface area contributed by atoms with Crippen molar-refractivity contribution in [2.24, 2.45) is 0 Å². The van der Waals surface area contributed by atoms with E-state index in [1.165, 1.54) is 0 Å². The fourth-order valence-corrected chi connectivity index (χ4v) is 1.85. The van der Waals surface area contributed by atoms with E-state index in [9.17, 15) is 0 Å². The predicted octanol–water partition coefficient (Wildman–Crippen LogP) is 0.744. The van der Waals surface area contributed by atoms with Crippen molar-refractivity contribution in [1.29, 1.82) is 0 Å². The molecule has 1 aliphatic rings. The summed E-state index contributed by atoms with van der Waals surface area (Å²) in [5, 5.41) is 3.43. The standard InChI is InChI=1S/C12H20N2O2/c1-2-12(16-9-1)3-4-13-5-6-14-7-10-15-11-8-14/h1-2,9,13H,3-8,10-11H2. The zero-order chi connectivity index (χ0) is 11.1. The molecule has 0 aliphatic carbocycles. The second kappa shape index (κ2) is 6.68. The zero-order valence-electron chi connectivity index (χ0n) is 9.65. The van der Waals surface area contributed by atoms with Crippen molar-refractivity contribution in [3.8, 4) is 0 Å². The van der Waals surface area contributed by atoms with Crippen LogP contribution in [0, 0.1) is 0 Å². The van der Waals surface area contributed by atoms with E-state index in [1.807, 2.05) is 12.1 Å². The number of hydrogen-bond donors (Lipinski definition) is 1. The Morgan fingerprint density at radius 1 is 1.25 bits per heavy atom. The van der Waals surface area contributed by atoms with Crippen LogP contribution in [0.15, 0.2) is 22.8 Å². The Labute approximate surface area is 96.6 Å². The highest BCUT2D eigenvalue weighted by molar-refractivity contribution is 4.98. The van der Waals surface area contributed by atoms with Crippen molar-refractivity contribution in [3.63, 3.8) is 0 Å². The Balaban J connectivity index is 1.48. The summed E-state index contributed by atoms with van der Waals surface area (Å²) in [6, 6.07) is 3.95. The molecule has 4 heteroatoms. The maximum Gasteiger partial charge on any atom is 0.105 e. The second-order valence-electron chi connectivity index (χ2n) is 4.03. The van der Waals surface area contributed by atoms with E-state index in [-0.39, 0.29) is 0 Å². The SMILES string of the molecule is c1coc(CCNCCN2CCOCC2)c1. The fourth-order valence-electron chi connectivity index (χ4n) is 1.85. The normalized spacial score (nSPS) is 17.8. The molecule has 16 heavy (non-hydrogen) atoms. The summed E-state index contributed by atoms with van der Waals surface area (Å²) in [6.07, 6.45) is 2.69. The average molecular weight is 224 g/mol. The lowest BCUT2D eigenvalue weighted by Crippen LogP contribution is -2.40. The van der Waals surface area contributed by atoms with E-state index in [1.54, 1.807) is 6.26 Å². The summed E-state index contributed by atoms with van der Waals surface area (Å²) in [7, 11) is 0. The molecule has 1 saturated heterocycles. The first-order valence-corrected chi connectivity index (χ1v) is 5.98. The van der Waals surface area contributed by atoms with Crippen LogP contribution in [0.25, 0.3) is 0 Å². The first-order chi connectivity index (χ1) is 7.95. The van der Waals surface area contributed by atoms with Gasteiger partial charge in [-0.25, -0.2) is 0 Å². The third-order valence-electron chi connectivity index (χ3n) is 2.84. The Hall–Kier alpha value is -0.840. The minimum absolute atomic E-state index is 0.881. The number of furan rings is 1.